The first kappa shape index (κ1) is 19.7. The van der Waals surface area contributed by atoms with Crippen molar-refractivity contribution in [2.24, 2.45) is 5.92 Å². The van der Waals surface area contributed by atoms with Gasteiger partial charge in [0.1, 0.15) is 5.78 Å². The third-order valence-electron chi connectivity index (χ3n) is 4.28. The van der Waals surface area contributed by atoms with E-state index in [9.17, 15) is 4.79 Å². The lowest BCUT2D eigenvalue weighted by Gasteiger charge is -2.10. The number of ketones is 1. The summed E-state index contributed by atoms with van der Waals surface area (Å²) in [5, 5.41) is 0. The Morgan fingerprint density at radius 2 is 1.20 bits per heavy atom. The van der Waals surface area contributed by atoms with Gasteiger partial charge in [0.25, 0.3) is 0 Å². The monoisotopic (exact) mass is 282 g/mol. The molecule has 20 heavy (non-hydrogen) atoms. The summed E-state index contributed by atoms with van der Waals surface area (Å²) in [6, 6.07) is 0. The van der Waals surface area contributed by atoms with Gasteiger partial charge in [0.05, 0.1) is 0 Å². The molecule has 0 aromatic rings. The zero-order valence-corrected chi connectivity index (χ0v) is 14.4. The van der Waals surface area contributed by atoms with E-state index in [2.05, 4.69) is 13.8 Å². The zero-order chi connectivity index (χ0) is 15.1. The number of carbonyl (C=O) groups is 1. The molecule has 0 aliphatic carbocycles. The lowest BCUT2D eigenvalue weighted by atomic mass is 9.96. The third kappa shape index (κ3) is 15.7. The summed E-state index contributed by atoms with van der Waals surface area (Å²) >= 11 is 0. The van der Waals surface area contributed by atoms with Crippen LogP contribution in [0.15, 0.2) is 0 Å². The Morgan fingerprint density at radius 3 is 1.70 bits per heavy atom. The van der Waals surface area contributed by atoms with Crippen molar-refractivity contribution in [2.45, 2.75) is 111 Å². The van der Waals surface area contributed by atoms with Gasteiger partial charge in [-0.15, -0.1) is 0 Å². The maximum Gasteiger partial charge on any atom is 0.129 e. The summed E-state index contributed by atoms with van der Waals surface area (Å²) in [4.78, 5) is 10.9. The van der Waals surface area contributed by atoms with Crippen molar-refractivity contribution in [2.75, 3.05) is 0 Å². The average Bonchev–Trinajstić information content (AvgIpc) is 2.40. The molecular formula is C19H38O. The molecule has 0 spiro atoms. The Hall–Kier alpha value is -0.330. The van der Waals surface area contributed by atoms with Crippen molar-refractivity contribution in [1.82, 2.24) is 0 Å². The van der Waals surface area contributed by atoms with Gasteiger partial charge < -0.3 is 4.79 Å². The molecule has 0 aliphatic rings. The van der Waals surface area contributed by atoms with E-state index in [1.807, 2.05) is 0 Å². The summed E-state index contributed by atoms with van der Waals surface area (Å²) in [5.41, 5.74) is 0. The maximum atomic E-state index is 10.9. The molecule has 0 amide bonds. The highest BCUT2D eigenvalue weighted by Crippen LogP contribution is 2.17. The third-order valence-corrected chi connectivity index (χ3v) is 4.28. The smallest absolute Gasteiger partial charge is 0.129 e. The van der Waals surface area contributed by atoms with E-state index in [0.29, 0.717) is 5.78 Å². The molecule has 0 aromatic carbocycles. The Kier molecular flexibility index (Phi) is 14.8. The van der Waals surface area contributed by atoms with E-state index in [1.54, 1.807) is 6.92 Å². The number of Topliss-reactive ketones (excluding diaryl/α,β-unsaturated/α-hetero) is 1. The largest absolute Gasteiger partial charge is 0.300 e. The van der Waals surface area contributed by atoms with E-state index in [0.717, 1.165) is 18.8 Å². The van der Waals surface area contributed by atoms with Gasteiger partial charge in [-0.3, -0.25) is 0 Å². The van der Waals surface area contributed by atoms with Crippen LogP contribution in [0.1, 0.15) is 111 Å². The van der Waals surface area contributed by atoms with Gasteiger partial charge in [-0.2, -0.15) is 0 Å². The average molecular weight is 283 g/mol. The van der Waals surface area contributed by atoms with Gasteiger partial charge in [0.15, 0.2) is 0 Å². The molecule has 0 aliphatic heterocycles. The minimum atomic E-state index is 0.344. The Balaban J connectivity index is 3.13. The van der Waals surface area contributed by atoms with Crippen molar-refractivity contribution in [1.29, 1.82) is 0 Å². The van der Waals surface area contributed by atoms with Crippen molar-refractivity contribution >= 4 is 5.78 Å². The van der Waals surface area contributed by atoms with Crippen LogP contribution in [0.3, 0.4) is 0 Å². The molecule has 0 heterocycles. The van der Waals surface area contributed by atoms with Gasteiger partial charge >= 0.3 is 0 Å². The first-order valence-corrected chi connectivity index (χ1v) is 9.16. The quantitative estimate of drug-likeness (QED) is 0.306. The SMILES string of the molecule is CCCCCCCCCCCC[C@@H](C)CCCC(C)=O. The second kappa shape index (κ2) is 15.1. The number of hydrogen-bond acceptors (Lipinski definition) is 1. The van der Waals surface area contributed by atoms with Crippen LogP contribution in [-0.2, 0) is 4.79 Å². The predicted molar refractivity (Wildman–Crippen MR) is 90.2 cm³/mol. The highest BCUT2D eigenvalue weighted by molar-refractivity contribution is 5.75. The van der Waals surface area contributed by atoms with E-state index in [-0.39, 0.29) is 0 Å². The van der Waals surface area contributed by atoms with Crippen LogP contribution in [0.2, 0.25) is 0 Å². The van der Waals surface area contributed by atoms with Gasteiger partial charge in [0.2, 0.25) is 0 Å². The van der Waals surface area contributed by atoms with Crippen LogP contribution in [0.5, 0.6) is 0 Å². The minimum Gasteiger partial charge on any atom is -0.300 e. The highest BCUT2D eigenvalue weighted by atomic mass is 16.1. The molecule has 0 fully saturated rings. The van der Waals surface area contributed by atoms with E-state index in [4.69, 9.17) is 0 Å². The van der Waals surface area contributed by atoms with E-state index in [1.165, 1.54) is 77.0 Å². The Bertz CT molecular complexity index is 210. The molecule has 0 radical (unpaired) electrons. The summed E-state index contributed by atoms with van der Waals surface area (Å²) in [6.45, 7) is 6.32. The molecule has 0 aromatic heterocycles. The maximum absolute atomic E-state index is 10.9. The molecular weight excluding hydrogens is 244 g/mol. The van der Waals surface area contributed by atoms with Crippen molar-refractivity contribution in [3.63, 3.8) is 0 Å². The molecule has 1 nitrogen and oxygen atoms in total. The lowest BCUT2D eigenvalue weighted by Crippen LogP contribution is -1.97. The molecule has 0 rings (SSSR count). The summed E-state index contributed by atoms with van der Waals surface area (Å²) in [7, 11) is 0. The number of hydrogen-bond donors (Lipinski definition) is 0. The van der Waals surface area contributed by atoms with E-state index >= 15 is 0 Å². The van der Waals surface area contributed by atoms with E-state index < -0.39 is 0 Å². The molecule has 0 saturated carbocycles. The molecule has 1 atom stereocenters. The molecule has 0 saturated heterocycles. The predicted octanol–water partition coefficient (Wildman–Crippen LogP) is 6.69. The van der Waals surface area contributed by atoms with Gasteiger partial charge in [0, 0.05) is 6.42 Å². The second-order valence-corrected chi connectivity index (χ2v) is 6.67. The first-order chi connectivity index (χ1) is 9.66. The second-order valence-electron chi connectivity index (χ2n) is 6.67. The van der Waals surface area contributed by atoms with Crippen LogP contribution in [-0.4, -0.2) is 5.78 Å². The summed E-state index contributed by atoms with van der Waals surface area (Å²) in [6.07, 6.45) is 18.7. The normalized spacial score (nSPS) is 12.6. The molecule has 0 unspecified atom stereocenters. The van der Waals surface area contributed by atoms with Gasteiger partial charge in [-0.05, 0) is 19.3 Å². The number of carbonyl (C=O) groups excluding carboxylic acids is 1. The standard InChI is InChI=1S/C19H38O/c1-4-5-6-7-8-9-10-11-12-13-15-18(2)16-14-17-19(3)20/h18H,4-17H2,1-3H3/t18-/m1/s1. The number of unbranched alkanes of at least 4 members (excludes halogenated alkanes) is 9. The molecule has 120 valence electrons. The lowest BCUT2D eigenvalue weighted by molar-refractivity contribution is -0.117. The highest BCUT2D eigenvalue weighted by Gasteiger charge is 2.03. The molecule has 0 bridgehead atoms. The van der Waals surface area contributed by atoms with Gasteiger partial charge in [-0.1, -0.05) is 90.9 Å². The minimum absolute atomic E-state index is 0.344. The van der Waals surface area contributed by atoms with Crippen molar-refractivity contribution < 1.29 is 4.79 Å². The van der Waals surface area contributed by atoms with Gasteiger partial charge in [-0.25, -0.2) is 0 Å². The topological polar surface area (TPSA) is 17.1 Å². The van der Waals surface area contributed by atoms with Crippen molar-refractivity contribution in [3.8, 4) is 0 Å². The zero-order valence-electron chi connectivity index (χ0n) is 14.4. The van der Waals surface area contributed by atoms with Crippen LogP contribution >= 0.6 is 0 Å². The summed E-state index contributed by atoms with van der Waals surface area (Å²) < 4.78 is 0. The fourth-order valence-electron chi connectivity index (χ4n) is 2.82. The Labute approximate surface area is 127 Å². The fourth-order valence-corrected chi connectivity index (χ4v) is 2.82. The van der Waals surface area contributed by atoms with Crippen LogP contribution in [0, 0.1) is 5.92 Å². The fraction of sp³-hybridized carbons (Fsp3) is 0.947. The first-order valence-electron chi connectivity index (χ1n) is 9.16. The van der Waals surface area contributed by atoms with Crippen molar-refractivity contribution in [3.05, 3.63) is 0 Å². The molecule has 0 N–H and O–H groups in total. The van der Waals surface area contributed by atoms with Crippen LogP contribution < -0.4 is 0 Å². The van der Waals surface area contributed by atoms with Crippen LogP contribution in [0.25, 0.3) is 0 Å². The number of rotatable bonds is 15. The van der Waals surface area contributed by atoms with Crippen LogP contribution in [0.4, 0.5) is 0 Å². The molecule has 1 heteroatoms. The Morgan fingerprint density at radius 1 is 0.750 bits per heavy atom. The summed E-state index contributed by atoms with van der Waals surface area (Å²) in [5.74, 6) is 1.15.